The van der Waals surface area contributed by atoms with Gasteiger partial charge in [0, 0.05) is 12.2 Å². The topological polar surface area (TPSA) is 52.6 Å². The van der Waals surface area contributed by atoms with Crippen molar-refractivity contribution in [3.8, 4) is 0 Å². The number of nitrogens with zero attached hydrogens (tertiary/aromatic N) is 1. The van der Waals surface area contributed by atoms with E-state index in [-0.39, 0.29) is 24.5 Å². The number of aliphatic hydroxyl groups is 1. The highest BCUT2D eigenvalue weighted by Gasteiger charge is 2.26. The molecule has 2 amide bonds. The fraction of sp³-hybridized carbons (Fsp3) is 0.533. The van der Waals surface area contributed by atoms with E-state index in [0.717, 1.165) is 19.3 Å². The summed E-state index contributed by atoms with van der Waals surface area (Å²) in [5, 5.41) is 12.0. The van der Waals surface area contributed by atoms with Crippen LogP contribution in [0.5, 0.6) is 0 Å². The van der Waals surface area contributed by atoms with Gasteiger partial charge in [-0.15, -0.1) is 0 Å². The van der Waals surface area contributed by atoms with Crippen LogP contribution >= 0.6 is 0 Å². The second kappa shape index (κ2) is 6.70. The van der Waals surface area contributed by atoms with Crippen LogP contribution in [0, 0.1) is 5.82 Å². The Balaban J connectivity index is 2.05. The van der Waals surface area contributed by atoms with Crippen LogP contribution in [0.15, 0.2) is 18.2 Å². The molecule has 2 rings (SSSR count). The number of carbonyl (C=O) groups excluding carboxylic acids is 1. The molecule has 0 unspecified atom stereocenters. The molecule has 1 aliphatic heterocycles. The van der Waals surface area contributed by atoms with Crippen molar-refractivity contribution in [1.82, 2.24) is 4.90 Å². The van der Waals surface area contributed by atoms with Crippen LogP contribution in [0.2, 0.25) is 0 Å². The number of aryl methyl sites for hydroxylation is 1. The van der Waals surface area contributed by atoms with Gasteiger partial charge in [0.05, 0.1) is 12.6 Å². The molecular formula is C15H21FN2O2. The van der Waals surface area contributed by atoms with Gasteiger partial charge in [-0.25, -0.2) is 9.18 Å². The maximum Gasteiger partial charge on any atom is 0.322 e. The molecular weight excluding hydrogens is 259 g/mol. The Hall–Kier alpha value is -1.62. The lowest BCUT2D eigenvalue weighted by molar-refractivity contribution is 0.115. The zero-order chi connectivity index (χ0) is 14.5. The van der Waals surface area contributed by atoms with Gasteiger partial charge in [0.25, 0.3) is 0 Å². The predicted octanol–water partition coefficient (Wildman–Crippen LogP) is 2.77. The standard InChI is InChI=1S/C15H21FN2O2/c1-2-11-6-7-12(9-14(11)16)17-15(20)18-8-4-3-5-13(18)10-19/h6-7,9,13,19H,2-5,8,10H2,1H3,(H,17,20)/t13-/m1/s1. The van der Waals surface area contributed by atoms with Gasteiger partial charge in [-0.1, -0.05) is 13.0 Å². The molecule has 0 aliphatic carbocycles. The molecule has 0 spiro atoms. The van der Waals surface area contributed by atoms with E-state index < -0.39 is 0 Å². The van der Waals surface area contributed by atoms with Gasteiger partial charge in [-0.3, -0.25) is 0 Å². The number of likely N-dealkylation sites (tertiary alicyclic amines) is 1. The fourth-order valence-electron chi connectivity index (χ4n) is 2.56. The highest BCUT2D eigenvalue weighted by Crippen LogP contribution is 2.19. The van der Waals surface area contributed by atoms with Gasteiger partial charge in [-0.05, 0) is 43.4 Å². The SMILES string of the molecule is CCc1ccc(NC(=O)N2CCCC[C@@H]2CO)cc1F. The summed E-state index contributed by atoms with van der Waals surface area (Å²) in [6.45, 7) is 2.49. The summed E-state index contributed by atoms with van der Waals surface area (Å²) in [6, 6.07) is 4.33. The van der Waals surface area contributed by atoms with Crippen LogP contribution in [0.3, 0.4) is 0 Å². The first kappa shape index (κ1) is 14.8. The monoisotopic (exact) mass is 280 g/mol. The average molecular weight is 280 g/mol. The van der Waals surface area contributed by atoms with E-state index in [4.69, 9.17) is 0 Å². The van der Waals surface area contributed by atoms with E-state index in [0.29, 0.717) is 24.2 Å². The molecule has 0 bridgehead atoms. The van der Waals surface area contributed by atoms with Crippen molar-refractivity contribution in [2.45, 2.75) is 38.6 Å². The van der Waals surface area contributed by atoms with Gasteiger partial charge >= 0.3 is 6.03 Å². The molecule has 1 aliphatic rings. The average Bonchev–Trinajstić information content (AvgIpc) is 2.47. The molecule has 5 heteroatoms. The Morgan fingerprint density at radius 2 is 2.30 bits per heavy atom. The van der Waals surface area contributed by atoms with E-state index in [9.17, 15) is 14.3 Å². The summed E-state index contributed by atoms with van der Waals surface area (Å²) in [7, 11) is 0. The van der Waals surface area contributed by atoms with Gasteiger partial charge in [0.2, 0.25) is 0 Å². The van der Waals surface area contributed by atoms with Gasteiger partial charge in [0.15, 0.2) is 0 Å². The molecule has 0 aromatic heterocycles. The number of amides is 2. The summed E-state index contributed by atoms with van der Waals surface area (Å²) in [4.78, 5) is 13.8. The zero-order valence-electron chi connectivity index (χ0n) is 11.7. The molecule has 110 valence electrons. The highest BCUT2D eigenvalue weighted by molar-refractivity contribution is 5.89. The smallest absolute Gasteiger partial charge is 0.322 e. The molecule has 1 heterocycles. The Labute approximate surface area is 118 Å². The first-order valence-electron chi connectivity index (χ1n) is 7.12. The molecule has 2 N–H and O–H groups in total. The van der Waals surface area contributed by atoms with Crippen LogP contribution in [0.4, 0.5) is 14.9 Å². The molecule has 1 fully saturated rings. The Morgan fingerprint density at radius 3 is 2.95 bits per heavy atom. The van der Waals surface area contributed by atoms with Crippen molar-refractivity contribution in [1.29, 1.82) is 0 Å². The Morgan fingerprint density at radius 1 is 1.50 bits per heavy atom. The first-order chi connectivity index (χ1) is 9.65. The third-order valence-corrected chi connectivity index (χ3v) is 3.78. The summed E-state index contributed by atoms with van der Waals surface area (Å²) in [5.41, 5.74) is 1.08. The third-order valence-electron chi connectivity index (χ3n) is 3.78. The number of rotatable bonds is 3. The number of piperidine rings is 1. The van der Waals surface area contributed by atoms with Crippen molar-refractivity contribution < 1.29 is 14.3 Å². The number of carbonyl (C=O) groups is 1. The lowest BCUT2D eigenvalue weighted by Gasteiger charge is -2.34. The first-order valence-corrected chi connectivity index (χ1v) is 7.12. The molecule has 0 saturated carbocycles. The summed E-state index contributed by atoms with van der Waals surface area (Å²) >= 11 is 0. The second-order valence-corrected chi connectivity index (χ2v) is 5.12. The van der Waals surface area contributed by atoms with Crippen LogP contribution < -0.4 is 5.32 Å². The van der Waals surface area contributed by atoms with E-state index in [1.807, 2.05) is 6.92 Å². The van der Waals surface area contributed by atoms with Crippen LogP contribution in [-0.2, 0) is 6.42 Å². The van der Waals surface area contributed by atoms with Crippen LogP contribution in [0.25, 0.3) is 0 Å². The fourth-order valence-corrected chi connectivity index (χ4v) is 2.56. The summed E-state index contributed by atoms with van der Waals surface area (Å²) < 4.78 is 13.7. The summed E-state index contributed by atoms with van der Waals surface area (Å²) in [5.74, 6) is -0.303. The van der Waals surface area contributed by atoms with Gasteiger partial charge in [0.1, 0.15) is 5.82 Å². The van der Waals surface area contributed by atoms with Crippen molar-refractivity contribution in [2.75, 3.05) is 18.5 Å². The minimum absolute atomic E-state index is 0.0312. The van der Waals surface area contributed by atoms with E-state index in [1.54, 1.807) is 17.0 Å². The molecule has 4 nitrogen and oxygen atoms in total. The van der Waals surface area contributed by atoms with Crippen molar-refractivity contribution >= 4 is 11.7 Å². The third kappa shape index (κ3) is 3.28. The number of hydrogen-bond donors (Lipinski definition) is 2. The summed E-state index contributed by atoms with van der Waals surface area (Å²) in [6.07, 6.45) is 3.40. The largest absolute Gasteiger partial charge is 0.394 e. The predicted molar refractivity (Wildman–Crippen MR) is 76.2 cm³/mol. The normalized spacial score (nSPS) is 18.9. The van der Waals surface area contributed by atoms with Crippen molar-refractivity contribution in [3.05, 3.63) is 29.6 Å². The molecule has 0 radical (unpaired) electrons. The minimum atomic E-state index is -0.303. The van der Waals surface area contributed by atoms with E-state index in [2.05, 4.69) is 5.32 Å². The van der Waals surface area contributed by atoms with Crippen molar-refractivity contribution in [2.24, 2.45) is 0 Å². The molecule has 1 atom stereocenters. The Bertz CT molecular complexity index is 479. The minimum Gasteiger partial charge on any atom is -0.394 e. The highest BCUT2D eigenvalue weighted by atomic mass is 19.1. The van der Waals surface area contributed by atoms with E-state index >= 15 is 0 Å². The quantitative estimate of drug-likeness (QED) is 0.894. The zero-order valence-corrected chi connectivity index (χ0v) is 11.7. The lowest BCUT2D eigenvalue weighted by Crippen LogP contribution is -2.47. The molecule has 20 heavy (non-hydrogen) atoms. The van der Waals surface area contributed by atoms with Gasteiger partial charge in [-0.2, -0.15) is 0 Å². The van der Waals surface area contributed by atoms with Crippen LogP contribution in [-0.4, -0.2) is 35.2 Å². The van der Waals surface area contributed by atoms with Gasteiger partial charge < -0.3 is 15.3 Å². The lowest BCUT2D eigenvalue weighted by atomic mass is 10.0. The number of aliphatic hydroxyl groups excluding tert-OH is 1. The number of anilines is 1. The molecule has 1 aromatic carbocycles. The molecule has 1 aromatic rings. The van der Waals surface area contributed by atoms with Crippen LogP contribution in [0.1, 0.15) is 31.7 Å². The number of urea groups is 1. The number of hydrogen-bond acceptors (Lipinski definition) is 2. The van der Waals surface area contributed by atoms with E-state index in [1.165, 1.54) is 6.07 Å². The number of halogens is 1. The molecule has 1 saturated heterocycles. The maximum absolute atomic E-state index is 13.7. The maximum atomic E-state index is 13.7. The number of nitrogens with one attached hydrogen (secondary N) is 1. The number of benzene rings is 1. The van der Waals surface area contributed by atoms with Crippen molar-refractivity contribution in [3.63, 3.8) is 0 Å². The second-order valence-electron chi connectivity index (χ2n) is 5.12. The Kier molecular flexibility index (Phi) is 4.95.